The van der Waals surface area contributed by atoms with E-state index in [1.807, 2.05) is 0 Å². The van der Waals surface area contributed by atoms with Crippen molar-refractivity contribution in [1.82, 2.24) is 15.1 Å². The van der Waals surface area contributed by atoms with Gasteiger partial charge in [-0.15, -0.1) is 24.0 Å². The zero-order valence-corrected chi connectivity index (χ0v) is 16.4. The highest BCUT2D eigenvalue weighted by Gasteiger charge is 2.20. The van der Waals surface area contributed by atoms with Crippen LogP contribution in [0.5, 0.6) is 0 Å². The Morgan fingerprint density at radius 1 is 1.17 bits per heavy atom. The molecule has 0 bridgehead atoms. The number of hydrogen-bond acceptors (Lipinski definition) is 4. The number of likely N-dealkylation sites (N-methyl/N-ethyl adjacent to an activating group) is 1. The van der Waals surface area contributed by atoms with Crippen LogP contribution < -0.4 is 5.32 Å². The van der Waals surface area contributed by atoms with Gasteiger partial charge < -0.3 is 10.2 Å². The molecule has 1 aromatic carbocycles. The molecular weight excluding hydrogens is 399 g/mol. The summed E-state index contributed by atoms with van der Waals surface area (Å²) in [6, 6.07) is 10.8. The maximum Gasteiger partial charge on any atom is 0.193 e. The van der Waals surface area contributed by atoms with Gasteiger partial charge in [0.15, 0.2) is 5.96 Å². The van der Waals surface area contributed by atoms with Gasteiger partial charge in [0.1, 0.15) is 0 Å². The third-order valence-electron chi connectivity index (χ3n) is 4.71. The number of nitrogens with zero attached hydrogens (tertiary/aromatic N) is 3. The molecule has 3 rings (SSSR count). The first kappa shape index (κ1) is 18.5. The molecule has 128 valence electrons. The molecule has 0 amide bonds. The van der Waals surface area contributed by atoms with Crippen molar-refractivity contribution in [2.45, 2.75) is 25.8 Å². The molecule has 1 aromatic rings. The largest absolute Gasteiger partial charge is 0.356 e. The molecule has 0 spiro atoms. The van der Waals surface area contributed by atoms with Gasteiger partial charge in [-0.3, -0.25) is 9.89 Å². The molecule has 2 aliphatic heterocycles. The van der Waals surface area contributed by atoms with Gasteiger partial charge in [-0.25, -0.2) is 0 Å². The van der Waals surface area contributed by atoms with E-state index in [4.69, 9.17) is 0 Å². The van der Waals surface area contributed by atoms with Gasteiger partial charge in [0.05, 0.1) is 6.54 Å². The van der Waals surface area contributed by atoms with Crippen LogP contribution in [0.15, 0.2) is 35.3 Å². The zero-order chi connectivity index (χ0) is 15.2. The number of hydrogen-bond donors (Lipinski definition) is 1. The Morgan fingerprint density at radius 2 is 2.00 bits per heavy atom. The van der Waals surface area contributed by atoms with E-state index in [1.165, 1.54) is 37.9 Å². The van der Waals surface area contributed by atoms with Crippen LogP contribution in [0.2, 0.25) is 0 Å². The van der Waals surface area contributed by atoms with Crippen molar-refractivity contribution in [3.63, 3.8) is 0 Å². The molecule has 1 fully saturated rings. The van der Waals surface area contributed by atoms with Gasteiger partial charge >= 0.3 is 0 Å². The Labute approximate surface area is 157 Å². The predicted molar refractivity (Wildman–Crippen MR) is 107 cm³/mol. The first-order valence-corrected chi connectivity index (χ1v) is 8.57. The first-order chi connectivity index (χ1) is 10.8. The van der Waals surface area contributed by atoms with E-state index in [2.05, 4.69) is 57.5 Å². The first-order valence-electron chi connectivity index (χ1n) is 8.57. The van der Waals surface area contributed by atoms with Crippen molar-refractivity contribution in [3.05, 3.63) is 35.9 Å². The molecule has 0 aromatic heterocycles. The lowest BCUT2D eigenvalue weighted by Gasteiger charge is -2.25. The standard InChI is InChI=1S/C18H28N4.HI/c1-21-12-10-19-18(21)20-13-17-9-5-6-11-22(15-17)14-16-7-3-2-4-8-16;/h2-4,7-8,17H,5-6,9-15H2,1H3,(H,19,20);1H. The van der Waals surface area contributed by atoms with Gasteiger partial charge in [0.25, 0.3) is 0 Å². The molecule has 0 saturated carbocycles. The van der Waals surface area contributed by atoms with Gasteiger partial charge in [-0.2, -0.15) is 0 Å². The second kappa shape index (κ2) is 9.47. The van der Waals surface area contributed by atoms with E-state index in [0.29, 0.717) is 0 Å². The maximum atomic E-state index is 4.53. The summed E-state index contributed by atoms with van der Waals surface area (Å²) in [6.07, 6.45) is 4.00. The lowest BCUT2D eigenvalue weighted by Crippen LogP contribution is -2.40. The van der Waals surface area contributed by atoms with Crippen molar-refractivity contribution < 1.29 is 0 Å². The molecule has 0 aliphatic carbocycles. The van der Waals surface area contributed by atoms with Gasteiger partial charge in [-0.1, -0.05) is 36.8 Å². The second-order valence-corrected chi connectivity index (χ2v) is 6.59. The molecule has 5 heteroatoms. The highest BCUT2D eigenvalue weighted by Crippen LogP contribution is 2.18. The number of guanidine groups is 1. The summed E-state index contributed by atoms with van der Waals surface area (Å²) in [5.41, 5.74) is 1.43. The summed E-state index contributed by atoms with van der Waals surface area (Å²) >= 11 is 0. The molecular formula is C18H29IN4. The molecule has 0 radical (unpaired) electrons. The Morgan fingerprint density at radius 3 is 2.74 bits per heavy atom. The highest BCUT2D eigenvalue weighted by molar-refractivity contribution is 14.0. The molecule has 1 atom stereocenters. The average molecular weight is 428 g/mol. The van der Waals surface area contributed by atoms with Crippen molar-refractivity contribution in [2.24, 2.45) is 10.9 Å². The van der Waals surface area contributed by atoms with E-state index in [9.17, 15) is 0 Å². The Hall–Kier alpha value is -0.820. The lowest BCUT2D eigenvalue weighted by molar-refractivity contribution is 0.240. The molecule has 2 aliphatic rings. The van der Waals surface area contributed by atoms with E-state index in [-0.39, 0.29) is 24.0 Å². The SMILES string of the molecule is CN1CCN=C1NCC1CCCCN(Cc2ccccc2)C1.I. The van der Waals surface area contributed by atoms with Crippen LogP contribution in [-0.4, -0.2) is 55.5 Å². The molecule has 4 nitrogen and oxygen atoms in total. The fourth-order valence-corrected chi connectivity index (χ4v) is 3.43. The summed E-state index contributed by atoms with van der Waals surface area (Å²) in [4.78, 5) is 9.37. The monoisotopic (exact) mass is 428 g/mol. The highest BCUT2D eigenvalue weighted by atomic mass is 127. The summed E-state index contributed by atoms with van der Waals surface area (Å²) in [6.45, 7) is 6.54. The topological polar surface area (TPSA) is 30.9 Å². The van der Waals surface area contributed by atoms with E-state index in [1.54, 1.807) is 0 Å². The molecule has 1 unspecified atom stereocenters. The van der Waals surface area contributed by atoms with Crippen LogP contribution in [0.4, 0.5) is 0 Å². The van der Waals surface area contributed by atoms with Gasteiger partial charge in [0, 0.05) is 33.2 Å². The molecule has 1 N–H and O–H groups in total. The maximum absolute atomic E-state index is 4.53. The van der Waals surface area contributed by atoms with Crippen molar-refractivity contribution in [2.75, 3.05) is 39.8 Å². The van der Waals surface area contributed by atoms with Crippen LogP contribution in [0.3, 0.4) is 0 Å². The molecule has 2 heterocycles. The summed E-state index contributed by atoms with van der Waals surface area (Å²) < 4.78 is 0. The van der Waals surface area contributed by atoms with Crippen LogP contribution in [0, 0.1) is 5.92 Å². The number of benzene rings is 1. The average Bonchev–Trinajstić information content (AvgIpc) is 2.81. The normalized spacial score (nSPS) is 22.2. The zero-order valence-electron chi connectivity index (χ0n) is 14.1. The summed E-state index contributed by atoms with van der Waals surface area (Å²) in [5, 5.41) is 3.56. The van der Waals surface area contributed by atoms with Gasteiger partial charge in [0.2, 0.25) is 0 Å². The number of aliphatic imine (C=N–C) groups is 1. The van der Waals surface area contributed by atoms with E-state index >= 15 is 0 Å². The summed E-state index contributed by atoms with van der Waals surface area (Å²) in [5.74, 6) is 1.81. The van der Waals surface area contributed by atoms with Crippen molar-refractivity contribution in [1.29, 1.82) is 0 Å². The van der Waals surface area contributed by atoms with Crippen LogP contribution >= 0.6 is 24.0 Å². The lowest BCUT2D eigenvalue weighted by atomic mass is 10.0. The van der Waals surface area contributed by atoms with E-state index < -0.39 is 0 Å². The molecule has 23 heavy (non-hydrogen) atoms. The minimum absolute atomic E-state index is 0. The minimum Gasteiger partial charge on any atom is -0.356 e. The number of likely N-dealkylation sites (tertiary alicyclic amines) is 1. The van der Waals surface area contributed by atoms with Crippen molar-refractivity contribution >= 4 is 29.9 Å². The predicted octanol–water partition coefficient (Wildman–Crippen LogP) is 2.80. The Kier molecular flexibility index (Phi) is 7.62. The van der Waals surface area contributed by atoms with Crippen LogP contribution in [-0.2, 0) is 6.54 Å². The Bertz CT molecular complexity index is 491. The molecule has 1 saturated heterocycles. The quantitative estimate of drug-likeness (QED) is 0.749. The summed E-state index contributed by atoms with van der Waals surface area (Å²) in [7, 11) is 2.12. The van der Waals surface area contributed by atoms with Crippen molar-refractivity contribution in [3.8, 4) is 0 Å². The second-order valence-electron chi connectivity index (χ2n) is 6.59. The fourth-order valence-electron chi connectivity index (χ4n) is 3.43. The van der Waals surface area contributed by atoms with E-state index in [0.717, 1.165) is 38.1 Å². The number of halogens is 1. The van der Waals surface area contributed by atoms with Crippen LogP contribution in [0.1, 0.15) is 24.8 Å². The third kappa shape index (κ3) is 5.64. The number of rotatable bonds is 4. The van der Waals surface area contributed by atoms with Crippen LogP contribution in [0.25, 0.3) is 0 Å². The smallest absolute Gasteiger partial charge is 0.193 e. The van der Waals surface area contributed by atoms with Gasteiger partial charge in [-0.05, 0) is 30.9 Å². The fraction of sp³-hybridized carbons (Fsp3) is 0.611. The Balaban J connectivity index is 0.00000192. The minimum atomic E-state index is 0. The third-order valence-corrected chi connectivity index (χ3v) is 4.71. The number of nitrogens with one attached hydrogen (secondary N) is 1.